The number of nitrogens with one attached hydrogen (secondary N) is 2. The van der Waals surface area contributed by atoms with Crippen LogP contribution in [0.4, 0.5) is 5.82 Å². The first-order valence-electron chi connectivity index (χ1n) is 4.69. The summed E-state index contributed by atoms with van der Waals surface area (Å²) in [6.45, 7) is 0. The molecule has 2 N–H and O–H groups in total. The van der Waals surface area contributed by atoms with Gasteiger partial charge in [0.25, 0.3) is 0 Å². The van der Waals surface area contributed by atoms with Gasteiger partial charge in [-0.25, -0.2) is 8.42 Å². The molecule has 0 atom stereocenters. The number of aromatic amines is 1. The molecular weight excluding hydrogens is 202 g/mol. The number of anilines is 1. The van der Waals surface area contributed by atoms with E-state index in [4.69, 9.17) is 0 Å². The molecule has 1 fully saturated rings. The van der Waals surface area contributed by atoms with E-state index in [1.54, 1.807) is 6.07 Å². The Balaban J connectivity index is 2.09. The van der Waals surface area contributed by atoms with Gasteiger partial charge in [0, 0.05) is 6.07 Å². The Kier molecular flexibility index (Phi) is 2.45. The van der Waals surface area contributed by atoms with E-state index in [-0.39, 0.29) is 5.25 Å². The second-order valence-corrected chi connectivity index (χ2v) is 5.48. The van der Waals surface area contributed by atoms with E-state index >= 15 is 0 Å². The summed E-state index contributed by atoms with van der Waals surface area (Å²) in [5, 5.41) is 6.03. The van der Waals surface area contributed by atoms with Crippen LogP contribution >= 0.6 is 0 Å². The molecule has 6 heteroatoms. The Morgan fingerprint density at radius 2 is 2.14 bits per heavy atom. The second kappa shape index (κ2) is 3.61. The van der Waals surface area contributed by atoms with E-state index in [1.165, 1.54) is 6.20 Å². The molecule has 0 bridgehead atoms. The van der Waals surface area contributed by atoms with Gasteiger partial charge in [0.15, 0.2) is 0 Å². The molecule has 1 aromatic rings. The molecule has 0 unspecified atom stereocenters. The van der Waals surface area contributed by atoms with Gasteiger partial charge in [0.1, 0.15) is 5.82 Å². The maximum absolute atomic E-state index is 11.7. The summed E-state index contributed by atoms with van der Waals surface area (Å²) in [7, 11) is -3.20. The zero-order chi connectivity index (χ0) is 10.0. The average Bonchev–Trinajstić information content (AvgIpc) is 2.71. The maximum atomic E-state index is 11.7. The van der Waals surface area contributed by atoms with Gasteiger partial charge in [-0.1, -0.05) is 12.8 Å². The fourth-order valence-electron chi connectivity index (χ4n) is 1.75. The van der Waals surface area contributed by atoms with Gasteiger partial charge in [0.05, 0.1) is 11.4 Å². The first kappa shape index (κ1) is 9.51. The van der Waals surface area contributed by atoms with E-state index in [0.717, 1.165) is 25.7 Å². The van der Waals surface area contributed by atoms with Crippen LogP contribution in [0.3, 0.4) is 0 Å². The molecular formula is C8H13N3O2S. The normalized spacial score (nSPS) is 18.6. The average molecular weight is 215 g/mol. The van der Waals surface area contributed by atoms with E-state index in [0.29, 0.717) is 5.82 Å². The Hall–Kier alpha value is -1.04. The summed E-state index contributed by atoms with van der Waals surface area (Å²) in [6.07, 6.45) is 5.07. The summed E-state index contributed by atoms with van der Waals surface area (Å²) in [5.74, 6) is 0.442. The molecule has 1 saturated carbocycles. The maximum Gasteiger partial charge on any atom is 0.236 e. The number of aromatic nitrogens is 2. The van der Waals surface area contributed by atoms with Crippen molar-refractivity contribution in [2.75, 3.05) is 4.72 Å². The molecule has 78 valence electrons. The number of hydrogen-bond acceptors (Lipinski definition) is 3. The van der Waals surface area contributed by atoms with Gasteiger partial charge >= 0.3 is 0 Å². The van der Waals surface area contributed by atoms with Crippen LogP contribution in [0.15, 0.2) is 12.3 Å². The zero-order valence-corrected chi connectivity index (χ0v) is 8.55. The van der Waals surface area contributed by atoms with Gasteiger partial charge < -0.3 is 0 Å². The van der Waals surface area contributed by atoms with Gasteiger partial charge in [0.2, 0.25) is 10.0 Å². The third-order valence-electron chi connectivity index (χ3n) is 2.49. The van der Waals surface area contributed by atoms with Crippen molar-refractivity contribution in [1.82, 2.24) is 10.2 Å². The number of rotatable bonds is 3. The van der Waals surface area contributed by atoms with Crippen molar-refractivity contribution in [3.8, 4) is 0 Å². The van der Waals surface area contributed by atoms with Crippen molar-refractivity contribution < 1.29 is 8.42 Å². The van der Waals surface area contributed by atoms with Crippen molar-refractivity contribution in [2.24, 2.45) is 0 Å². The third-order valence-corrected chi connectivity index (χ3v) is 4.35. The highest BCUT2D eigenvalue weighted by atomic mass is 32.2. The minimum atomic E-state index is -3.20. The molecule has 0 radical (unpaired) electrons. The quantitative estimate of drug-likeness (QED) is 0.792. The molecule has 1 aliphatic rings. The Morgan fingerprint density at radius 3 is 2.71 bits per heavy atom. The SMILES string of the molecule is O=S(=O)(Nc1ccn[nH]1)C1CCCC1. The summed E-state index contributed by atoms with van der Waals surface area (Å²) in [4.78, 5) is 0. The molecule has 2 rings (SSSR count). The fraction of sp³-hybridized carbons (Fsp3) is 0.625. The summed E-state index contributed by atoms with van der Waals surface area (Å²) >= 11 is 0. The number of hydrogen-bond donors (Lipinski definition) is 2. The lowest BCUT2D eigenvalue weighted by Crippen LogP contribution is -2.25. The minimum absolute atomic E-state index is 0.231. The monoisotopic (exact) mass is 215 g/mol. The first-order valence-corrected chi connectivity index (χ1v) is 6.24. The molecule has 0 saturated heterocycles. The minimum Gasteiger partial charge on any atom is -0.267 e. The molecule has 14 heavy (non-hydrogen) atoms. The second-order valence-electron chi connectivity index (χ2n) is 3.52. The third kappa shape index (κ3) is 1.89. The van der Waals surface area contributed by atoms with Crippen LogP contribution in [0.1, 0.15) is 25.7 Å². The summed E-state index contributed by atoms with van der Waals surface area (Å²) in [5.41, 5.74) is 0. The van der Waals surface area contributed by atoms with E-state index in [2.05, 4.69) is 14.9 Å². The largest absolute Gasteiger partial charge is 0.267 e. The van der Waals surface area contributed by atoms with Crippen LogP contribution in [0, 0.1) is 0 Å². The number of H-pyrrole nitrogens is 1. The summed E-state index contributed by atoms with van der Waals surface area (Å²) in [6, 6.07) is 1.60. The molecule has 1 aliphatic carbocycles. The highest BCUT2D eigenvalue weighted by Crippen LogP contribution is 2.25. The van der Waals surface area contributed by atoms with Gasteiger partial charge in [-0.05, 0) is 12.8 Å². The molecule has 0 aliphatic heterocycles. The lowest BCUT2D eigenvalue weighted by molar-refractivity contribution is 0.585. The lowest BCUT2D eigenvalue weighted by atomic mass is 10.4. The van der Waals surface area contributed by atoms with Crippen molar-refractivity contribution in [3.05, 3.63) is 12.3 Å². The molecule has 1 aromatic heterocycles. The van der Waals surface area contributed by atoms with Crippen molar-refractivity contribution >= 4 is 15.8 Å². The smallest absolute Gasteiger partial charge is 0.236 e. The summed E-state index contributed by atoms with van der Waals surface area (Å²) < 4.78 is 26.0. The predicted octanol–water partition coefficient (Wildman–Crippen LogP) is 1.09. The molecule has 0 aromatic carbocycles. The standard InChI is InChI=1S/C8H13N3O2S/c12-14(13,7-3-1-2-4-7)11-8-5-6-9-10-8/h5-7H,1-4H2,(H2,9,10,11). The number of nitrogens with zero attached hydrogens (tertiary/aromatic N) is 1. The Bertz CT molecular complexity index is 379. The van der Waals surface area contributed by atoms with Crippen LogP contribution < -0.4 is 4.72 Å². The van der Waals surface area contributed by atoms with Crippen LogP contribution in [0.2, 0.25) is 0 Å². The van der Waals surface area contributed by atoms with E-state index in [1.807, 2.05) is 0 Å². The van der Waals surface area contributed by atoms with Crippen molar-refractivity contribution in [2.45, 2.75) is 30.9 Å². The Labute approximate surface area is 83.0 Å². The van der Waals surface area contributed by atoms with Gasteiger partial charge in [-0.15, -0.1) is 0 Å². The molecule has 0 spiro atoms. The van der Waals surface area contributed by atoms with E-state index in [9.17, 15) is 8.42 Å². The van der Waals surface area contributed by atoms with Crippen molar-refractivity contribution in [1.29, 1.82) is 0 Å². The van der Waals surface area contributed by atoms with Crippen LogP contribution in [-0.2, 0) is 10.0 Å². The molecule has 5 nitrogen and oxygen atoms in total. The van der Waals surface area contributed by atoms with Crippen LogP contribution in [0.5, 0.6) is 0 Å². The van der Waals surface area contributed by atoms with Crippen LogP contribution in [-0.4, -0.2) is 23.9 Å². The van der Waals surface area contributed by atoms with Gasteiger partial charge in [-0.2, -0.15) is 5.10 Å². The van der Waals surface area contributed by atoms with E-state index < -0.39 is 10.0 Å². The predicted molar refractivity (Wildman–Crippen MR) is 53.4 cm³/mol. The van der Waals surface area contributed by atoms with Crippen molar-refractivity contribution in [3.63, 3.8) is 0 Å². The van der Waals surface area contributed by atoms with Crippen LogP contribution in [0.25, 0.3) is 0 Å². The van der Waals surface area contributed by atoms with Gasteiger partial charge in [-0.3, -0.25) is 9.82 Å². The molecule has 1 heterocycles. The lowest BCUT2D eigenvalue weighted by Gasteiger charge is -2.11. The first-order chi connectivity index (χ1) is 6.68. The number of sulfonamides is 1. The highest BCUT2D eigenvalue weighted by Gasteiger charge is 2.28. The zero-order valence-electron chi connectivity index (χ0n) is 7.73. The topological polar surface area (TPSA) is 74.8 Å². The Morgan fingerprint density at radius 1 is 1.43 bits per heavy atom. The molecule has 0 amide bonds. The highest BCUT2D eigenvalue weighted by molar-refractivity contribution is 7.93. The fourth-order valence-corrected chi connectivity index (χ4v) is 3.29.